The fourth-order valence-electron chi connectivity index (χ4n) is 6.54. The van der Waals surface area contributed by atoms with Gasteiger partial charge in [-0.3, -0.25) is 4.52 Å². The Kier molecular flexibility index (Phi) is 10.2. The van der Waals surface area contributed by atoms with E-state index in [1.165, 1.54) is 22.3 Å². The van der Waals surface area contributed by atoms with E-state index in [-0.39, 0.29) is 33.0 Å². The van der Waals surface area contributed by atoms with Crippen LogP contribution < -0.4 is 4.52 Å². The molecule has 0 amide bonds. The van der Waals surface area contributed by atoms with Gasteiger partial charge in [0, 0.05) is 16.9 Å². The van der Waals surface area contributed by atoms with Crippen LogP contribution in [0.3, 0.4) is 0 Å². The van der Waals surface area contributed by atoms with Crippen molar-refractivity contribution in [1.29, 1.82) is 0 Å². The number of benzene rings is 2. The first-order valence-electron chi connectivity index (χ1n) is 17.5. The van der Waals surface area contributed by atoms with Crippen molar-refractivity contribution < 1.29 is 18.0 Å². The first-order valence-corrected chi connectivity index (χ1v) is 18.6. The molecule has 1 aliphatic rings. The number of hydrogen-bond donors (Lipinski definition) is 1. The van der Waals surface area contributed by atoms with Crippen LogP contribution in [0.2, 0.25) is 0 Å². The number of aromatic hydroxyl groups is 1. The molecule has 4 rings (SSSR count). The minimum Gasteiger partial charge on any atom is -0.507 e. The molecule has 2 aromatic carbocycles. The summed E-state index contributed by atoms with van der Waals surface area (Å²) in [6.07, 6.45) is 5.03. The summed E-state index contributed by atoms with van der Waals surface area (Å²) in [4.78, 5) is 0. The predicted octanol–water partition coefficient (Wildman–Crippen LogP) is 13.1. The van der Waals surface area contributed by atoms with Gasteiger partial charge in [-0.15, -0.1) is 0 Å². The van der Waals surface area contributed by atoms with Gasteiger partial charge in [-0.05, 0) is 87.1 Å². The molecule has 0 saturated heterocycles. The summed E-state index contributed by atoms with van der Waals surface area (Å²) in [5.41, 5.74) is 8.83. The second-order valence-corrected chi connectivity index (χ2v) is 20.2. The molecule has 260 valence electrons. The summed E-state index contributed by atoms with van der Waals surface area (Å²) in [6, 6.07) is 8.88. The highest BCUT2D eigenvalue weighted by Gasteiger charge is 2.38. The Bertz CT molecular complexity index is 1690. The monoisotopic (exact) mass is 662 g/mol. The Morgan fingerprint density at radius 1 is 0.766 bits per heavy atom. The molecule has 1 heterocycles. The minimum atomic E-state index is -1.68. The van der Waals surface area contributed by atoms with E-state index in [0.717, 1.165) is 52.7 Å². The first kappa shape index (κ1) is 37.4. The van der Waals surface area contributed by atoms with Gasteiger partial charge in [0.05, 0.1) is 6.61 Å². The van der Waals surface area contributed by atoms with Gasteiger partial charge >= 0.3 is 8.24 Å². The largest absolute Gasteiger partial charge is 0.507 e. The van der Waals surface area contributed by atoms with E-state index in [9.17, 15) is 5.11 Å². The molecule has 47 heavy (non-hydrogen) atoms. The molecule has 3 aromatic rings. The molecule has 1 aliphatic carbocycles. The van der Waals surface area contributed by atoms with E-state index >= 15 is 0 Å². The minimum absolute atomic E-state index is 0.0222. The molecular weight excluding hydrogens is 599 g/mol. The molecule has 0 radical (unpaired) electrons. The number of hydrogen-bond acceptors (Lipinski definition) is 4. The molecule has 0 saturated carbocycles. The molecule has 0 spiro atoms. The second kappa shape index (κ2) is 12.8. The molecule has 4 nitrogen and oxygen atoms in total. The van der Waals surface area contributed by atoms with Crippen LogP contribution in [0.25, 0.3) is 17.0 Å². The molecule has 0 aliphatic heterocycles. The third kappa shape index (κ3) is 8.42. The highest BCUT2D eigenvalue weighted by Crippen LogP contribution is 2.52. The molecule has 1 aromatic heterocycles. The number of aryl methyl sites for hydroxylation is 2. The summed E-state index contributed by atoms with van der Waals surface area (Å²) in [7, 11) is -1.68. The molecular formula is C42H63O4P. The lowest BCUT2D eigenvalue weighted by atomic mass is 9.67. The van der Waals surface area contributed by atoms with Gasteiger partial charge in [0.25, 0.3) is 0 Å². The van der Waals surface area contributed by atoms with Crippen molar-refractivity contribution in [2.24, 2.45) is 10.8 Å². The van der Waals surface area contributed by atoms with E-state index in [1.807, 2.05) is 6.92 Å². The van der Waals surface area contributed by atoms with Crippen LogP contribution in [-0.2, 0) is 22.7 Å². The van der Waals surface area contributed by atoms with Crippen LogP contribution in [0.4, 0.5) is 0 Å². The molecule has 1 N–H and O–H groups in total. The molecule has 5 heteroatoms. The van der Waals surface area contributed by atoms with Crippen molar-refractivity contribution in [2.75, 3.05) is 6.61 Å². The number of fused-ring (bicyclic) bond motifs is 3. The maximum absolute atomic E-state index is 10.7. The second-order valence-electron chi connectivity index (χ2n) is 19.1. The first-order chi connectivity index (χ1) is 21.3. The topological polar surface area (TPSA) is 55.7 Å². The van der Waals surface area contributed by atoms with Gasteiger partial charge in [-0.2, -0.15) is 0 Å². The van der Waals surface area contributed by atoms with Crippen molar-refractivity contribution in [3.8, 4) is 5.75 Å². The van der Waals surface area contributed by atoms with Crippen molar-refractivity contribution in [2.45, 2.75) is 152 Å². The fourth-order valence-corrected chi connectivity index (χ4v) is 7.65. The zero-order chi connectivity index (χ0) is 35.5. The summed E-state index contributed by atoms with van der Waals surface area (Å²) < 4.78 is 20.4. The average molecular weight is 663 g/mol. The van der Waals surface area contributed by atoms with Crippen LogP contribution in [0.15, 0.2) is 38.2 Å². The number of allylic oxidation sites excluding steroid dienone is 1. The summed E-state index contributed by atoms with van der Waals surface area (Å²) in [5.74, 6) is 1.59. The quantitative estimate of drug-likeness (QED) is 0.276. The van der Waals surface area contributed by atoms with Crippen LogP contribution in [0.5, 0.6) is 5.75 Å². The van der Waals surface area contributed by atoms with Gasteiger partial charge in [0.1, 0.15) is 17.1 Å². The maximum Gasteiger partial charge on any atom is 0.387 e. The lowest BCUT2D eigenvalue weighted by Crippen LogP contribution is -2.25. The Morgan fingerprint density at radius 3 is 1.91 bits per heavy atom. The summed E-state index contributed by atoms with van der Waals surface area (Å²) in [5, 5.41) is 11.9. The Hall–Kier alpha value is -2.42. The van der Waals surface area contributed by atoms with Crippen molar-refractivity contribution >= 4 is 25.3 Å². The van der Waals surface area contributed by atoms with E-state index in [4.69, 9.17) is 12.9 Å². The average Bonchev–Trinajstić information content (AvgIpc) is 3.05. The lowest BCUT2D eigenvalue weighted by Gasteiger charge is -2.37. The predicted molar refractivity (Wildman–Crippen MR) is 202 cm³/mol. The van der Waals surface area contributed by atoms with Crippen molar-refractivity contribution in [3.05, 3.63) is 69.0 Å². The number of phenols is 1. The number of rotatable bonds is 5. The fraction of sp³-hybridized carbons (Fsp3) is 0.619. The third-order valence-corrected chi connectivity index (χ3v) is 10.8. The Morgan fingerprint density at radius 2 is 1.38 bits per heavy atom. The van der Waals surface area contributed by atoms with Crippen LogP contribution in [0.1, 0.15) is 162 Å². The Labute approximate surface area is 287 Å². The van der Waals surface area contributed by atoms with Crippen LogP contribution >= 0.6 is 8.24 Å². The summed E-state index contributed by atoms with van der Waals surface area (Å²) in [6.45, 7) is 36.6. The zero-order valence-electron chi connectivity index (χ0n) is 32.4. The van der Waals surface area contributed by atoms with Gasteiger partial charge in [-0.1, -0.05) is 134 Å². The van der Waals surface area contributed by atoms with E-state index in [1.54, 1.807) is 0 Å². The number of phenolic OH excluding ortho intramolecular Hbond substituents is 1. The molecule has 0 fully saturated rings. The highest BCUT2D eigenvalue weighted by atomic mass is 31.1. The van der Waals surface area contributed by atoms with Crippen molar-refractivity contribution in [3.63, 3.8) is 0 Å². The van der Waals surface area contributed by atoms with Gasteiger partial charge in [-0.25, -0.2) is 0 Å². The van der Waals surface area contributed by atoms with Crippen LogP contribution in [0, 0.1) is 17.8 Å². The normalized spacial score (nSPS) is 16.7. The smallest absolute Gasteiger partial charge is 0.387 e. The van der Waals surface area contributed by atoms with Gasteiger partial charge < -0.3 is 13.5 Å². The van der Waals surface area contributed by atoms with E-state index < -0.39 is 8.24 Å². The third-order valence-electron chi connectivity index (χ3n) is 9.70. The molecule has 0 bridgehead atoms. The molecule has 2 atom stereocenters. The van der Waals surface area contributed by atoms with Gasteiger partial charge in [0.15, 0.2) is 0 Å². The maximum atomic E-state index is 10.7. The van der Waals surface area contributed by atoms with Crippen molar-refractivity contribution in [1.82, 2.24) is 0 Å². The van der Waals surface area contributed by atoms with E-state index in [2.05, 4.69) is 134 Å². The van der Waals surface area contributed by atoms with E-state index in [0.29, 0.717) is 12.4 Å². The zero-order valence-corrected chi connectivity index (χ0v) is 33.3. The van der Waals surface area contributed by atoms with Gasteiger partial charge in [0.2, 0.25) is 0 Å². The standard InChI is InChI=1S/C42H63O4P/c1-26-20-27(21-32(36(26)43)41(11,12)13)18-17-19-44-47-45-34-25-29(39(5,6)7)23-31(40(8,9)10)35(34)30-22-28(38(2,3)4)24-33(37(30)46-47)42(14,15)16/h20-23,25,33,43H,17-19,24H2,1-16H3. The molecule has 2 unspecified atom stereocenters. The van der Waals surface area contributed by atoms with Crippen LogP contribution in [-0.4, -0.2) is 11.7 Å². The lowest BCUT2D eigenvalue weighted by molar-refractivity contribution is 0.263. The highest BCUT2D eigenvalue weighted by molar-refractivity contribution is 7.31. The summed E-state index contributed by atoms with van der Waals surface area (Å²) >= 11 is 0. The SMILES string of the molecule is Cc1cc(CCCOp2oc3c(c4c(C(C)(C)C)cc(C(C)(C)C)cc4o2)C=C(C(C)(C)C)CC3C(C)(C)C)cc(C(C)(C)C)c1O. The Balaban J connectivity index is 1.90.